The molecule has 0 saturated carbocycles. The van der Waals surface area contributed by atoms with Crippen molar-refractivity contribution in [2.45, 2.75) is 329 Å². The van der Waals surface area contributed by atoms with Gasteiger partial charge in [-0.05, 0) is 135 Å². The quantitative estimate of drug-likeness (QED) is 0.0261. The van der Waals surface area contributed by atoms with Gasteiger partial charge >= 0.3 is 17.9 Å². The maximum absolute atomic E-state index is 12.9. The van der Waals surface area contributed by atoms with Crippen molar-refractivity contribution in [1.82, 2.24) is 0 Å². The van der Waals surface area contributed by atoms with Gasteiger partial charge in [-0.25, -0.2) is 0 Å². The number of allylic oxidation sites excluding steroid dienone is 20. The van der Waals surface area contributed by atoms with Crippen molar-refractivity contribution in [3.05, 3.63) is 122 Å². The van der Waals surface area contributed by atoms with Gasteiger partial charge in [0.2, 0.25) is 0 Å². The summed E-state index contributed by atoms with van der Waals surface area (Å²) in [7, 11) is 0. The van der Waals surface area contributed by atoms with E-state index in [0.717, 1.165) is 109 Å². The molecular formula is C76H128O6. The van der Waals surface area contributed by atoms with Gasteiger partial charge in [0, 0.05) is 19.3 Å². The van der Waals surface area contributed by atoms with E-state index in [4.69, 9.17) is 14.2 Å². The van der Waals surface area contributed by atoms with E-state index in [1.165, 1.54) is 173 Å². The smallest absolute Gasteiger partial charge is 0.306 e. The molecule has 0 rings (SSSR count). The van der Waals surface area contributed by atoms with Crippen molar-refractivity contribution in [2.24, 2.45) is 0 Å². The van der Waals surface area contributed by atoms with Crippen LogP contribution >= 0.6 is 0 Å². The first kappa shape index (κ1) is 77.8. The second-order valence-corrected chi connectivity index (χ2v) is 22.7. The number of carbonyl (C=O) groups is 3. The van der Waals surface area contributed by atoms with E-state index in [9.17, 15) is 14.4 Å². The Morgan fingerprint density at radius 3 is 0.780 bits per heavy atom. The number of rotatable bonds is 62. The van der Waals surface area contributed by atoms with Crippen LogP contribution in [0.4, 0.5) is 0 Å². The molecule has 0 heterocycles. The minimum Gasteiger partial charge on any atom is -0.462 e. The van der Waals surface area contributed by atoms with E-state index >= 15 is 0 Å². The summed E-state index contributed by atoms with van der Waals surface area (Å²) < 4.78 is 16.9. The molecule has 0 aliphatic rings. The maximum Gasteiger partial charge on any atom is 0.306 e. The van der Waals surface area contributed by atoms with Crippen LogP contribution in [0.1, 0.15) is 323 Å². The normalized spacial score (nSPS) is 12.9. The molecule has 0 aromatic carbocycles. The Kier molecular flexibility index (Phi) is 65.8. The van der Waals surface area contributed by atoms with Crippen LogP contribution in [0.15, 0.2) is 122 Å². The highest BCUT2D eigenvalue weighted by atomic mass is 16.6. The van der Waals surface area contributed by atoms with Gasteiger partial charge in [0.1, 0.15) is 13.2 Å². The van der Waals surface area contributed by atoms with E-state index in [1.54, 1.807) is 0 Å². The molecule has 0 bridgehead atoms. The SMILES string of the molecule is CC/C=C\C/C=C\C/C=C\C/C=C\C/C=C\C/C=C\C/C=C\C/C=C\CCCCC(=O)OCC(COC(=O)CCCCCCCCC/C=C\CCCCCCCCC)OC(=O)CCCCCCCCCCC/C=C\CCCCCCCC. The van der Waals surface area contributed by atoms with E-state index in [2.05, 4.69) is 142 Å². The first-order chi connectivity index (χ1) is 40.5. The number of ether oxygens (including phenoxy) is 3. The number of carbonyl (C=O) groups excluding carboxylic acids is 3. The highest BCUT2D eigenvalue weighted by Crippen LogP contribution is 2.16. The van der Waals surface area contributed by atoms with Crippen LogP contribution in [-0.2, 0) is 28.6 Å². The molecule has 0 aromatic rings. The molecule has 0 fully saturated rings. The number of esters is 3. The molecule has 468 valence electrons. The van der Waals surface area contributed by atoms with Crippen molar-refractivity contribution in [3.8, 4) is 0 Å². The summed E-state index contributed by atoms with van der Waals surface area (Å²) >= 11 is 0. The Hall–Kier alpha value is -4.19. The van der Waals surface area contributed by atoms with E-state index in [1.807, 2.05) is 0 Å². The summed E-state index contributed by atoms with van der Waals surface area (Å²) in [5.41, 5.74) is 0. The molecular weight excluding hydrogens is 1010 g/mol. The maximum atomic E-state index is 12.9. The van der Waals surface area contributed by atoms with Crippen LogP contribution < -0.4 is 0 Å². The molecule has 82 heavy (non-hydrogen) atoms. The van der Waals surface area contributed by atoms with Crippen molar-refractivity contribution in [1.29, 1.82) is 0 Å². The summed E-state index contributed by atoms with van der Waals surface area (Å²) in [5.74, 6) is -0.938. The van der Waals surface area contributed by atoms with E-state index < -0.39 is 6.10 Å². The predicted octanol–water partition coefficient (Wildman–Crippen LogP) is 23.9. The fourth-order valence-electron chi connectivity index (χ4n) is 9.51. The first-order valence-corrected chi connectivity index (χ1v) is 34.5. The molecule has 0 aliphatic heterocycles. The molecule has 1 atom stereocenters. The van der Waals surface area contributed by atoms with Crippen LogP contribution in [0.25, 0.3) is 0 Å². The molecule has 0 amide bonds. The number of hydrogen-bond acceptors (Lipinski definition) is 6. The average molecular weight is 1140 g/mol. The summed E-state index contributed by atoms with van der Waals surface area (Å²) in [6, 6.07) is 0. The Labute approximate surface area is 507 Å². The fraction of sp³-hybridized carbons (Fsp3) is 0.697. The number of hydrogen-bond donors (Lipinski definition) is 0. The fourth-order valence-corrected chi connectivity index (χ4v) is 9.51. The second-order valence-electron chi connectivity index (χ2n) is 22.7. The summed E-state index contributed by atoms with van der Waals surface area (Å²) in [4.78, 5) is 38.4. The van der Waals surface area contributed by atoms with Gasteiger partial charge in [0.15, 0.2) is 6.10 Å². The molecule has 6 nitrogen and oxygen atoms in total. The topological polar surface area (TPSA) is 78.9 Å². The Balaban J connectivity index is 4.47. The third kappa shape index (κ3) is 66.6. The zero-order chi connectivity index (χ0) is 59.2. The minimum atomic E-state index is -0.804. The van der Waals surface area contributed by atoms with Gasteiger partial charge in [0.05, 0.1) is 0 Å². The predicted molar refractivity (Wildman–Crippen MR) is 357 cm³/mol. The highest BCUT2D eigenvalue weighted by molar-refractivity contribution is 5.71. The summed E-state index contributed by atoms with van der Waals surface area (Å²) in [6.45, 7) is 6.51. The third-order valence-electron chi connectivity index (χ3n) is 14.7. The standard InChI is InChI=1S/C76H128O6/c1-4-7-10-13-16-19-22-25-28-31-34-35-36-37-38-39-40-41-43-45-48-51-54-57-60-63-66-69-75(78)81-72-73(71-80-74(77)68-65-62-59-56-53-50-47-44-33-30-27-24-21-18-15-12-9-6-3)82-76(79)70-67-64-61-58-55-52-49-46-42-32-29-26-23-20-17-14-11-8-5-2/h7,10,16,19,25-26,28-30,33-35,37-38,40-41,45,48,54,57,73H,4-6,8-9,11-15,17-18,20-24,27,31-32,36,39,42-44,46-47,49-53,55-56,58-72H2,1-3H3/b10-7-,19-16-,28-25-,29-26-,33-30-,35-34-,38-37-,41-40-,48-45-,57-54-. The minimum absolute atomic E-state index is 0.0958. The van der Waals surface area contributed by atoms with Crippen LogP contribution in [0.2, 0.25) is 0 Å². The van der Waals surface area contributed by atoms with Crippen molar-refractivity contribution >= 4 is 17.9 Å². The number of unbranched alkanes of at least 4 members (excludes halogenated alkanes) is 31. The zero-order valence-electron chi connectivity index (χ0n) is 53.7. The lowest BCUT2D eigenvalue weighted by molar-refractivity contribution is -0.167. The van der Waals surface area contributed by atoms with E-state index in [-0.39, 0.29) is 31.1 Å². The third-order valence-corrected chi connectivity index (χ3v) is 14.7. The zero-order valence-corrected chi connectivity index (χ0v) is 53.7. The summed E-state index contributed by atoms with van der Waals surface area (Å²) in [5, 5.41) is 0. The van der Waals surface area contributed by atoms with Crippen LogP contribution in [0.5, 0.6) is 0 Å². The molecule has 0 aliphatic carbocycles. The van der Waals surface area contributed by atoms with Gasteiger partial charge in [-0.1, -0.05) is 290 Å². The molecule has 6 heteroatoms. The van der Waals surface area contributed by atoms with Crippen LogP contribution in [-0.4, -0.2) is 37.2 Å². The lowest BCUT2D eigenvalue weighted by atomic mass is 10.1. The first-order valence-electron chi connectivity index (χ1n) is 34.5. The average Bonchev–Trinajstić information content (AvgIpc) is 3.47. The van der Waals surface area contributed by atoms with Crippen molar-refractivity contribution < 1.29 is 28.6 Å². The molecule has 0 spiro atoms. The lowest BCUT2D eigenvalue weighted by Crippen LogP contribution is -2.30. The molecule has 0 aromatic heterocycles. The van der Waals surface area contributed by atoms with E-state index in [0.29, 0.717) is 19.3 Å². The van der Waals surface area contributed by atoms with Gasteiger partial charge in [-0.15, -0.1) is 0 Å². The Bertz CT molecular complexity index is 1690. The largest absolute Gasteiger partial charge is 0.462 e. The summed E-state index contributed by atoms with van der Waals surface area (Å²) in [6.07, 6.45) is 96.4. The van der Waals surface area contributed by atoms with Crippen molar-refractivity contribution in [3.63, 3.8) is 0 Å². The van der Waals surface area contributed by atoms with Gasteiger partial charge < -0.3 is 14.2 Å². The van der Waals surface area contributed by atoms with Gasteiger partial charge in [-0.2, -0.15) is 0 Å². The van der Waals surface area contributed by atoms with Gasteiger partial charge in [0.25, 0.3) is 0 Å². The van der Waals surface area contributed by atoms with Crippen LogP contribution in [0.3, 0.4) is 0 Å². The Morgan fingerprint density at radius 1 is 0.256 bits per heavy atom. The molecule has 1 unspecified atom stereocenters. The van der Waals surface area contributed by atoms with Gasteiger partial charge in [-0.3, -0.25) is 14.4 Å². The van der Waals surface area contributed by atoms with Crippen LogP contribution in [0, 0.1) is 0 Å². The highest BCUT2D eigenvalue weighted by Gasteiger charge is 2.19. The van der Waals surface area contributed by atoms with Crippen molar-refractivity contribution in [2.75, 3.05) is 13.2 Å². The molecule has 0 radical (unpaired) electrons. The molecule has 0 N–H and O–H groups in total. The Morgan fingerprint density at radius 2 is 0.476 bits per heavy atom. The molecule has 0 saturated heterocycles. The second kappa shape index (κ2) is 69.3. The lowest BCUT2D eigenvalue weighted by Gasteiger charge is -2.18. The monoisotopic (exact) mass is 1140 g/mol.